The Morgan fingerprint density at radius 1 is 1.47 bits per heavy atom. The van der Waals surface area contributed by atoms with Gasteiger partial charge in [0.25, 0.3) is 0 Å². The Morgan fingerprint density at radius 3 is 2.59 bits per heavy atom. The van der Waals surface area contributed by atoms with Gasteiger partial charge < -0.3 is 4.74 Å². The molecule has 0 amide bonds. The molecule has 7 heteroatoms. The van der Waals surface area contributed by atoms with Crippen molar-refractivity contribution >= 4 is 17.1 Å². The highest BCUT2D eigenvalue weighted by Crippen LogP contribution is 2.23. The second kappa shape index (κ2) is 5.59. The van der Waals surface area contributed by atoms with Gasteiger partial charge in [0.05, 0.1) is 4.88 Å². The fourth-order valence-electron chi connectivity index (χ4n) is 0.998. The van der Waals surface area contributed by atoms with Gasteiger partial charge in [-0.1, -0.05) is 0 Å². The molecule has 0 radical (unpaired) electrons. The molecule has 96 valence electrons. The number of hydrogen-bond acceptors (Lipinski definition) is 3. The molecule has 0 aromatic carbocycles. The number of aryl methyl sites for hydroxylation is 1. The zero-order chi connectivity index (χ0) is 13.1. The predicted molar refractivity (Wildman–Crippen MR) is 55.2 cm³/mol. The predicted octanol–water partition coefficient (Wildman–Crippen LogP) is 3.16. The maximum absolute atomic E-state index is 12.4. The minimum Gasteiger partial charge on any atom is -0.367 e. The van der Waals surface area contributed by atoms with Crippen LogP contribution in [0, 0.1) is 6.92 Å². The molecule has 0 aliphatic heterocycles. The summed E-state index contributed by atoms with van der Waals surface area (Å²) in [7, 11) is 0. The van der Waals surface area contributed by atoms with E-state index in [-0.39, 0.29) is 0 Å². The van der Waals surface area contributed by atoms with E-state index in [2.05, 4.69) is 4.74 Å². The molecule has 0 fully saturated rings. The Balaban J connectivity index is 2.40. The van der Waals surface area contributed by atoms with E-state index >= 15 is 0 Å². The van der Waals surface area contributed by atoms with Crippen LogP contribution in [-0.4, -0.2) is 31.3 Å². The maximum Gasteiger partial charge on any atom is 0.330 e. The number of carbonyl (C=O) groups excluding carboxylic acids is 1. The van der Waals surface area contributed by atoms with Gasteiger partial charge >= 0.3 is 12.3 Å². The first kappa shape index (κ1) is 14.1. The smallest absolute Gasteiger partial charge is 0.330 e. The number of carbonyl (C=O) groups is 1. The Kier molecular flexibility index (Phi) is 4.64. The van der Waals surface area contributed by atoms with E-state index in [1.807, 2.05) is 0 Å². The van der Waals surface area contributed by atoms with Crippen molar-refractivity contribution in [3.05, 3.63) is 21.9 Å². The van der Waals surface area contributed by atoms with Crippen LogP contribution in [0.2, 0.25) is 0 Å². The van der Waals surface area contributed by atoms with E-state index in [9.17, 15) is 22.4 Å². The number of Topliss-reactive ketones (excluding diaryl/α,β-unsaturated/α-hetero) is 1. The summed E-state index contributed by atoms with van der Waals surface area (Å²) in [6.45, 7) is -0.295. The number of alkyl halides is 4. The highest BCUT2D eigenvalue weighted by atomic mass is 32.1. The van der Waals surface area contributed by atoms with Gasteiger partial charge in [0.15, 0.2) is 5.78 Å². The van der Waals surface area contributed by atoms with E-state index in [4.69, 9.17) is 0 Å². The molecule has 0 aliphatic rings. The highest BCUT2D eigenvalue weighted by Gasteiger charge is 2.41. The molecule has 1 heterocycles. The van der Waals surface area contributed by atoms with Crippen LogP contribution < -0.4 is 0 Å². The minimum absolute atomic E-state index is 0.364. The summed E-state index contributed by atoms with van der Waals surface area (Å²) in [6, 6.07) is 3.24. The molecule has 2 nitrogen and oxygen atoms in total. The summed E-state index contributed by atoms with van der Waals surface area (Å²) in [6.07, 6.45) is -3.79. The van der Waals surface area contributed by atoms with Crippen LogP contribution >= 0.6 is 11.3 Å². The van der Waals surface area contributed by atoms with Gasteiger partial charge in [-0.05, 0) is 19.1 Å². The van der Waals surface area contributed by atoms with Crippen molar-refractivity contribution in [1.29, 1.82) is 0 Å². The van der Waals surface area contributed by atoms with Crippen LogP contribution in [0.25, 0.3) is 0 Å². The molecule has 1 rings (SSSR count). The molecule has 0 N–H and O–H groups in total. The van der Waals surface area contributed by atoms with Gasteiger partial charge in [-0.25, -0.2) is 8.78 Å². The second-order valence-electron chi connectivity index (χ2n) is 3.39. The van der Waals surface area contributed by atoms with Crippen molar-refractivity contribution < 1.29 is 27.1 Å². The summed E-state index contributed by atoms with van der Waals surface area (Å²) in [5, 5.41) is 0. The summed E-state index contributed by atoms with van der Waals surface area (Å²) >= 11 is 1.19. The zero-order valence-electron chi connectivity index (χ0n) is 8.88. The van der Waals surface area contributed by atoms with Gasteiger partial charge in [0.1, 0.15) is 13.2 Å². The van der Waals surface area contributed by atoms with Crippen LogP contribution in [-0.2, 0) is 4.74 Å². The molecular weight excluding hydrogens is 260 g/mol. The first-order chi connectivity index (χ1) is 7.83. The number of ketones is 1. The first-order valence-electron chi connectivity index (χ1n) is 4.66. The van der Waals surface area contributed by atoms with Crippen LogP contribution in [0.1, 0.15) is 14.5 Å². The van der Waals surface area contributed by atoms with Gasteiger partial charge in [0, 0.05) is 4.88 Å². The zero-order valence-corrected chi connectivity index (χ0v) is 9.70. The van der Waals surface area contributed by atoms with Crippen LogP contribution in [0.4, 0.5) is 17.6 Å². The van der Waals surface area contributed by atoms with Crippen molar-refractivity contribution in [3.8, 4) is 0 Å². The van der Waals surface area contributed by atoms with E-state index < -0.39 is 31.3 Å². The van der Waals surface area contributed by atoms with Gasteiger partial charge in [-0.2, -0.15) is 8.78 Å². The number of thiophene rings is 1. The largest absolute Gasteiger partial charge is 0.367 e. The fraction of sp³-hybridized carbons (Fsp3) is 0.500. The lowest BCUT2D eigenvalue weighted by molar-refractivity contribution is -0.163. The van der Waals surface area contributed by atoms with Gasteiger partial charge in [-0.3, -0.25) is 4.79 Å². The number of rotatable bonds is 6. The van der Waals surface area contributed by atoms with Crippen molar-refractivity contribution in [2.75, 3.05) is 13.2 Å². The quantitative estimate of drug-likeness (QED) is 0.586. The van der Waals surface area contributed by atoms with Crippen LogP contribution in [0.3, 0.4) is 0 Å². The van der Waals surface area contributed by atoms with Crippen LogP contribution in [0.15, 0.2) is 12.1 Å². The third-order valence-electron chi connectivity index (χ3n) is 1.86. The number of hydrogen-bond donors (Lipinski definition) is 0. The summed E-state index contributed by atoms with van der Waals surface area (Å²) < 4.78 is 52.7. The molecule has 0 unspecified atom stereocenters. The summed E-state index contributed by atoms with van der Waals surface area (Å²) in [5.41, 5.74) is 0. The topological polar surface area (TPSA) is 26.3 Å². The Morgan fingerprint density at radius 2 is 2.12 bits per heavy atom. The minimum atomic E-state index is -4.22. The molecule has 0 aliphatic carbocycles. The molecule has 0 saturated carbocycles. The third kappa shape index (κ3) is 4.08. The number of halogens is 4. The lowest BCUT2D eigenvalue weighted by Crippen LogP contribution is -2.33. The van der Waals surface area contributed by atoms with Crippen molar-refractivity contribution in [3.63, 3.8) is 0 Å². The van der Waals surface area contributed by atoms with Crippen molar-refractivity contribution in [2.24, 2.45) is 0 Å². The first-order valence-corrected chi connectivity index (χ1v) is 5.48. The Bertz CT molecular complexity index is 389. The monoisotopic (exact) mass is 270 g/mol. The molecule has 1 aromatic rings. The molecular formula is C10H10F4O2S. The lowest BCUT2D eigenvalue weighted by Gasteiger charge is -2.14. The summed E-state index contributed by atoms with van der Waals surface area (Å²) in [5.74, 6) is -4.71. The highest BCUT2D eigenvalue weighted by molar-refractivity contribution is 7.14. The summed E-state index contributed by atoms with van der Waals surface area (Å²) in [4.78, 5) is 12.6. The molecule has 17 heavy (non-hydrogen) atoms. The van der Waals surface area contributed by atoms with Crippen molar-refractivity contribution in [1.82, 2.24) is 0 Å². The molecule has 0 saturated heterocycles. The SMILES string of the molecule is Cc1ccc(C(=O)COCC(F)(F)C(F)F)s1. The molecule has 0 spiro atoms. The van der Waals surface area contributed by atoms with E-state index in [0.717, 1.165) is 4.88 Å². The fourth-order valence-corrected chi connectivity index (χ4v) is 1.79. The normalized spacial score (nSPS) is 12.1. The van der Waals surface area contributed by atoms with E-state index in [1.54, 1.807) is 13.0 Å². The second-order valence-corrected chi connectivity index (χ2v) is 4.68. The van der Waals surface area contributed by atoms with E-state index in [0.29, 0.717) is 4.88 Å². The van der Waals surface area contributed by atoms with Crippen LogP contribution in [0.5, 0.6) is 0 Å². The lowest BCUT2D eigenvalue weighted by atomic mass is 10.3. The molecule has 0 atom stereocenters. The standard InChI is InChI=1S/C10H10F4O2S/c1-6-2-3-8(17-6)7(15)4-16-5-10(13,14)9(11)12/h2-3,9H,4-5H2,1H3. The average molecular weight is 270 g/mol. The molecule has 1 aromatic heterocycles. The van der Waals surface area contributed by atoms with Crippen molar-refractivity contribution in [2.45, 2.75) is 19.3 Å². The van der Waals surface area contributed by atoms with E-state index in [1.165, 1.54) is 17.4 Å². The molecule has 0 bridgehead atoms. The van der Waals surface area contributed by atoms with Gasteiger partial charge in [0.2, 0.25) is 0 Å². The Hall–Kier alpha value is -0.950. The maximum atomic E-state index is 12.4. The van der Waals surface area contributed by atoms with Gasteiger partial charge in [-0.15, -0.1) is 11.3 Å². The number of ether oxygens (including phenoxy) is 1. The third-order valence-corrected chi connectivity index (χ3v) is 2.90. The Labute approximate surface area is 99.2 Å². The average Bonchev–Trinajstić information content (AvgIpc) is 2.64.